The van der Waals surface area contributed by atoms with Gasteiger partial charge in [0.25, 0.3) is 5.91 Å². The molecule has 1 aromatic rings. The van der Waals surface area contributed by atoms with Crippen molar-refractivity contribution in [2.45, 2.75) is 42.9 Å². The molecule has 5 nitrogen and oxygen atoms in total. The number of carbonyl (C=O) groups is 2. The fourth-order valence-corrected chi connectivity index (χ4v) is 4.14. The van der Waals surface area contributed by atoms with Gasteiger partial charge in [-0.25, -0.2) is 0 Å². The molecule has 0 aromatic heterocycles. The lowest BCUT2D eigenvalue weighted by atomic mass is 10.1. The molecule has 0 saturated carbocycles. The summed E-state index contributed by atoms with van der Waals surface area (Å²) in [7, 11) is 0. The molecule has 1 saturated heterocycles. The second-order valence-electron chi connectivity index (χ2n) is 6.09. The number of benzene rings is 1. The van der Waals surface area contributed by atoms with Gasteiger partial charge in [-0.1, -0.05) is 6.92 Å². The summed E-state index contributed by atoms with van der Waals surface area (Å²) in [6.45, 7) is 6.87. The minimum absolute atomic E-state index is 0.00963. The number of nitrogens with one attached hydrogen (secondary N) is 2. The third-order valence-corrected chi connectivity index (χ3v) is 5.75. The van der Waals surface area contributed by atoms with E-state index in [9.17, 15) is 9.59 Å². The summed E-state index contributed by atoms with van der Waals surface area (Å²) in [5, 5.41) is 5.81. The van der Waals surface area contributed by atoms with E-state index in [2.05, 4.69) is 22.5 Å². The second-order valence-corrected chi connectivity index (χ2v) is 7.48. The van der Waals surface area contributed by atoms with Gasteiger partial charge >= 0.3 is 0 Å². The lowest BCUT2D eigenvalue weighted by Crippen LogP contribution is -2.40. The Bertz CT molecular complexity index is 620. The zero-order chi connectivity index (χ0) is 16.4. The van der Waals surface area contributed by atoms with Crippen LogP contribution in [0.3, 0.4) is 0 Å². The summed E-state index contributed by atoms with van der Waals surface area (Å²) in [6.07, 6.45) is 2.34. The maximum absolute atomic E-state index is 12.4. The molecule has 3 rings (SSSR count). The van der Waals surface area contributed by atoms with Crippen LogP contribution in [0.15, 0.2) is 23.1 Å². The van der Waals surface area contributed by atoms with Crippen LogP contribution in [0.2, 0.25) is 0 Å². The van der Waals surface area contributed by atoms with Crippen molar-refractivity contribution < 1.29 is 9.59 Å². The molecule has 0 bridgehead atoms. The normalized spacial score (nSPS) is 24.2. The Labute approximate surface area is 141 Å². The molecular formula is C17H23N3O2S. The van der Waals surface area contributed by atoms with E-state index in [0.717, 1.165) is 30.1 Å². The van der Waals surface area contributed by atoms with Crippen molar-refractivity contribution in [2.24, 2.45) is 0 Å². The van der Waals surface area contributed by atoms with Crippen molar-refractivity contribution >= 4 is 29.3 Å². The number of likely N-dealkylation sites (tertiary alicyclic amines) is 1. The molecule has 2 aliphatic heterocycles. The van der Waals surface area contributed by atoms with Crippen molar-refractivity contribution in [2.75, 3.05) is 25.0 Å². The highest BCUT2D eigenvalue weighted by atomic mass is 32.2. The average molecular weight is 333 g/mol. The highest BCUT2D eigenvalue weighted by Crippen LogP contribution is 2.35. The Morgan fingerprint density at radius 3 is 3.09 bits per heavy atom. The Morgan fingerprint density at radius 2 is 2.30 bits per heavy atom. The smallest absolute Gasteiger partial charge is 0.251 e. The van der Waals surface area contributed by atoms with E-state index in [1.54, 1.807) is 6.07 Å². The van der Waals surface area contributed by atoms with Crippen molar-refractivity contribution in [1.82, 2.24) is 10.2 Å². The highest BCUT2D eigenvalue weighted by molar-refractivity contribution is 8.00. The third-order valence-electron chi connectivity index (χ3n) is 4.58. The van der Waals surface area contributed by atoms with Crippen molar-refractivity contribution in [1.29, 1.82) is 0 Å². The maximum atomic E-state index is 12.4. The number of nitrogens with zero attached hydrogens (tertiary/aromatic N) is 1. The number of thioether (sulfide) groups is 1. The molecule has 23 heavy (non-hydrogen) atoms. The number of hydrogen-bond acceptors (Lipinski definition) is 4. The van der Waals surface area contributed by atoms with E-state index in [4.69, 9.17) is 0 Å². The average Bonchev–Trinajstić information content (AvgIpc) is 3.00. The number of anilines is 1. The zero-order valence-corrected chi connectivity index (χ0v) is 14.4. The first-order valence-corrected chi connectivity index (χ1v) is 9.10. The van der Waals surface area contributed by atoms with Crippen LogP contribution in [0.25, 0.3) is 0 Å². The summed E-state index contributed by atoms with van der Waals surface area (Å²) >= 11 is 1.53. The first-order chi connectivity index (χ1) is 11.1. The molecule has 1 aromatic carbocycles. The van der Waals surface area contributed by atoms with E-state index < -0.39 is 0 Å². The maximum Gasteiger partial charge on any atom is 0.251 e. The molecule has 0 spiro atoms. The van der Waals surface area contributed by atoms with Crippen LogP contribution in [0.5, 0.6) is 0 Å². The number of fused-ring (bicyclic) bond motifs is 1. The molecule has 2 aliphatic rings. The van der Waals surface area contributed by atoms with Gasteiger partial charge in [0, 0.05) is 23.0 Å². The SMILES string of the molecule is CCN1CCCC1CNC(=O)c1ccc2c(c1)NC(=O)C(C)S2. The number of hydrogen-bond donors (Lipinski definition) is 2. The van der Waals surface area contributed by atoms with E-state index >= 15 is 0 Å². The molecule has 2 amide bonds. The minimum atomic E-state index is -0.0930. The first-order valence-electron chi connectivity index (χ1n) is 8.22. The molecule has 0 radical (unpaired) electrons. The summed E-state index contributed by atoms with van der Waals surface area (Å²) < 4.78 is 0. The molecule has 0 aliphatic carbocycles. The number of rotatable bonds is 4. The molecule has 2 N–H and O–H groups in total. The minimum Gasteiger partial charge on any atom is -0.350 e. The molecule has 2 unspecified atom stereocenters. The van der Waals surface area contributed by atoms with E-state index in [1.807, 2.05) is 19.1 Å². The van der Waals surface area contributed by atoms with Gasteiger partial charge in [0.1, 0.15) is 0 Å². The van der Waals surface area contributed by atoms with Crippen molar-refractivity contribution in [3.05, 3.63) is 23.8 Å². The molecule has 6 heteroatoms. The van der Waals surface area contributed by atoms with Crippen LogP contribution in [-0.4, -0.2) is 47.6 Å². The van der Waals surface area contributed by atoms with Crippen molar-refractivity contribution in [3.63, 3.8) is 0 Å². The molecule has 1 fully saturated rings. The van der Waals surface area contributed by atoms with Gasteiger partial charge in [0.05, 0.1) is 10.9 Å². The fourth-order valence-electron chi connectivity index (χ4n) is 3.21. The fraction of sp³-hybridized carbons (Fsp3) is 0.529. The van der Waals surface area contributed by atoms with Gasteiger partial charge in [-0.2, -0.15) is 0 Å². The summed E-state index contributed by atoms with van der Waals surface area (Å²) in [5.41, 5.74) is 1.34. The van der Waals surface area contributed by atoms with Crippen LogP contribution in [0, 0.1) is 0 Å². The summed E-state index contributed by atoms with van der Waals surface area (Å²) in [4.78, 5) is 27.6. The molecular weight excluding hydrogens is 310 g/mol. The monoisotopic (exact) mass is 333 g/mol. The Hall–Kier alpha value is -1.53. The standard InChI is InChI=1S/C17H23N3O2S/c1-3-20-8-4-5-13(20)10-18-17(22)12-6-7-15-14(9-12)19-16(21)11(2)23-15/h6-7,9,11,13H,3-5,8,10H2,1-2H3,(H,18,22)(H,19,21). The Balaban J connectivity index is 1.64. The lowest BCUT2D eigenvalue weighted by molar-refractivity contribution is -0.115. The van der Waals surface area contributed by atoms with Crippen LogP contribution in [-0.2, 0) is 4.79 Å². The van der Waals surface area contributed by atoms with Gasteiger partial charge in [0.2, 0.25) is 5.91 Å². The largest absolute Gasteiger partial charge is 0.350 e. The predicted octanol–water partition coefficient (Wildman–Crippen LogP) is 2.33. The second kappa shape index (κ2) is 6.93. The van der Waals surface area contributed by atoms with Crippen LogP contribution < -0.4 is 10.6 Å². The summed E-state index contributed by atoms with van der Waals surface area (Å²) in [6, 6.07) is 5.96. The van der Waals surface area contributed by atoms with Crippen LogP contribution >= 0.6 is 11.8 Å². The molecule has 2 atom stereocenters. The quantitative estimate of drug-likeness (QED) is 0.888. The topological polar surface area (TPSA) is 61.4 Å². The van der Waals surface area contributed by atoms with E-state index in [1.165, 1.54) is 18.2 Å². The van der Waals surface area contributed by atoms with Crippen LogP contribution in [0.1, 0.15) is 37.0 Å². The Kier molecular flexibility index (Phi) is 4.92. The molecule has 2 heterocycles. The summed E-state index contributed by atoms with van der Waals surface area (Å²) in [5.74, 6) is -0.0850. The Morgan fingerprint density at radius 1 is 1.48 bits per heavy atom. The van der Waals surface area contributed by atoms with Gasteiger partial charge in [-0.15, -0.1) is 11.8 Å². The van der Waals surface area contributed by atoms with Gasteiger partial charge < -0.3 is 10.6 Å². The van der Waals surface area contributed by atoms with Gasteiger partial charge in [0.15, 0.2) is 0 Å². The third kappa shape index (κ3) is 3.53. The number of carbonyl (C=O) groups excluding carboxylic acids is 2. The first kappa shape index (κ1) is 16.3. The van der Waals surface area contributed by atoms with Gasteiger partial charge in [-0.05, 0) is 51.1 Å². The van der Waals surface area contributed by atoms with Crippen LogP contribution in [0.4, 0.5) is 5.69 Å². The van der Waals surface area contributed by atoms with E-state index in [0.29, 0.717) is 18.2 Å². The highest BCUT2D eigenvalue weighted by Gasteiger charge is 2.25. The number of likely N-dealkylation sites (N-methyl/N-ethyl adjacent to an activating group) is 1. The zero-order valence-electron chi connectivity index (χ0n) is 13.6. The molecule has 124 valence electrons. The lowest BCUT2D eigenvalue weighted by Gasteiger charge is -2.23. The van der Waals surface area contributed by atoms with Gasteiger partial charge in [-0.3, -0.25) is 14.5 Å². The van der Waals surface area contributed by atoms with E-state index in [-0.39, 0.29) is 17.1 Å². The predicted molar refractivity (Wildman–Crippen MR) is 93.0 cm³/mol. The number of amides is 2. The van der Waals surface area contributed by atoms with Crippen molar-refractivity contribution in [3.8, 4) is 0 Å².